The maximum atomic E-state index is 9.80. The molecule has 0 aromatic rings. The van der Waals surface area contributed by atoms with Gasteiger partial charge >= 0.3 is 0 Å². The fourth-order valence-corrected chi connectivity index (χ4v) is 4.34. The van der Waals surface area contributed by atoms with Gasteiger partial charge in [0.25, 0.3) is 0 Å². The van der Waals surface area contributed by atoms with Crippen LogP contribution in [0.15, 0.2) is 0 Å². The Morgan fingerprint density at radius 2 is 1.95 bits per heavy atom. The monoisotopic (exact) mass is 284 g/mol. The lowest BCUT2D eigenvalue weighted by Gasteiger charge is -2.63. The lowest BCUT2D eigenvalue weighted by atomic mass is 9.48. The van der Waals surface area contributed by atoms with E-state index in [-0.39, 0.29) is 5.90 Å². The summed E-state index contributed by atoms with van der Waals surface area (Å²) in [5.41, 5.74) is -3.20. The molecule has 4 aliphatic rings. The van der Waals surface area contributed by atoms with Crippen molar-refractivity contribution in [3.63, 3.8) is 0 Å². The van der Waals surface area contributed by atoms with E-state index in [1.807, 2.05) is 6.92 Å². The molecule has 0 radical (unpaired) electrons. The Labute approximate surface area is 123 Å². The van der Waals surface area contributed by atoms with Crippen LogP contribution >= 0.6 is 0 Å². The molecular weight excluding hydrogens is 268 g/mol. The zero-order chi connectivity index (χ0) is 15.3. The van der Waals surface area contributed by atoms with Crippen molar-refractivity contribution in [2.45, 2.75) is 50.9 Å². The van der Waals surface area contributed by atoms with Crippen molar-refractivity contribution in [1.29, 1.82) is 21.2 Å². The van der Waals surface area contributed by atoms with Crippen LogP contribution in [0, 0.1) is 56.2 Å². The summed E-state index contributed by atoms with van der Waals surface area (Å²) in [6, 6.07) is 6.25. The number of nitriles is 3. The minimum absolute atomic E-state index is 0.274. The van der Waals surface area contributed by atoms with Crippen LogP contribution in [0.3, 0.4) is 0 Å². The first-order valence-corrected chi connectivity index (χ1v) is 7.26. The molecule has 21 heavy (non-hydrogen) atoms. The third-order valence-corrected chi connectivity index (χ3v) is 5.30. The molecule has 108 valence electrons. The van der Waals surface area contributed by atoms with E-state index in [1.165, 1.54) is 0 Å². The average Bonchev–Trinajstić information content (AvgIpc) is 2.52. The van der Waals surface area contributed by atoms with Gasteiger partial charge in [0, 0.05) is 6.42 Å². The van der Waals surface area contributed by atoms with E-state index >= 15 is 0 Å². The molecule has 0 unspecified atom stereocenters. The molecule has 1 N–H and O–H groups in total. The molecule has 2 bridgehead atoms. The smallest absolute Gasteiger partial charge is 0.217 e. The number of hydrogen-bond donors (Lipinski definition) is 1. The number of fused-ring (bicyclic) bond motifs is 2. The number of nitrogens with zero attached hydrogens (tertiary/aromatic N) is 3. The Balaban J connectivity index is 2.31. The molecule has 3 aliphatic heterocycles. The highest BCUT2D eigenvalue weighted by atomic mass is 16.7. The Bertz CT molecular complexity index is 611. The van der Waals surface area contributed by atoms with E-state index in [1.54, 1.807) is 0 Å². The predicted octanol–water partition coefficient (Wildman–Crippen LogP) is 2.23. The lowest BCUT2D eigenvalue weighted by Crippen LogP contribution is -2.75. The number of rotatable bonds is 1. The summed E-state index contributed by atoms with van der Waals surface area (Å²) >= 11 is 0. The molecule has 4 fully saturated rings. The van der Waals surface area contributed by atoms with Crippen LogP contribution in [0.1, 0.15) is 39.0 Å². The van der Waals surface area contributed by atoms with Gasteiger partial charge in [0.1, 0.15) is 0 Å². The van der Waals surface area contributed by atoms with Gasteiger partial charge in [-0.05, 0) is 19.3 Å². The Hall–Kier alpha value is -2.10. The predicted molar refractivity (Wildman–Crippen MR) is 70.4 cm³/mol. The van der Waals surface area contributed by atoms with Gasteiger partial charge in [-0.2, -0.15) is 15.8 Å². The van der Waals surface area contributed by atoms with Crippen molar-refractivity contribution in [2.75, 3.05) is 0 Å². The van der Waals surface area contributed by atoms with Gasteiger partial charge in [-0.15, -0.1) is 0 Å². The standard InChI is InChI=1S/C15H16N4O2/c1-2-11-14(9-18)12(19)21-15(20-11)6-4-3-5-10(15)13(14,7-16)8-17/h10-11,19H,2-6H2,1H3/t10-,11-,14-,15+/m1/s1. The normalized spacial score (nSPS) is 42.9. The van der Waals surface area contributed by atoms with Crippen LogP contribution in [0.2, 0.25) is 0 Å². The third kappa shape index (κ3) is 1.26. The molecule has 6 nitrogen and oxygen atoms in total. The second-order valence-electron chi connectivity index (χ2n) is 6.01. The molecule has 6 heteroatoms. The molecule has 3 saturated heterocycles. The maximum Gasteiger partial charge on any atom is 0.217 e. The van der Waals surface area contributed by atoms with Crippen molar-refractivity contribution < 1.29 is 9.47 Å². The number of nitrogens with one attached hydrogen (secondary N) is 1. The summed E-state index contributed by atoms with van der Waals surface area (Å²) in [4.78, 5) is 0. The van der Waals surface area contributed by atoms with E-state index in [0.717, 1.165) is 12.8 Å². The molecule has 0 amide bonds. The molecule has 4 atom stereocenters. The second kappa shape index (κ2) is 4.20. The van der Waals surface area contributed by atoms with Gasteiger partial charge in [-0.25, -0.2) is 0 Å². The van der Waals surface area contributed by atoms with Gasteiger partial charge in [0.15, 0.2) is 10.8 Å². The summed E-state index contributed by atoms with van der Waals surface area (Å²) < 4.78 is 11.8. The van der Waals surface area contributed by atoms with Gasteiger partial charge in [0.05, 0.1) is 30.2 Å². The zero-order valence-electron chi connectivity index (χ0n) is 11.8. The van der Waals surface area contributed by atoms with E-state index in [9.17, 15) is 15.8 Å². The van der Waals surface area contributed by atoms with Gasteiger partial charge in [-0.3, -0.25) is 5.41 Å². The lowest BCUT2D eigenvalue weighted by molar-refractivity contribution is -0.357. The molecule has 0 aromatic carbocycles. The zero-order valence-corrected chi connectivity index (χ0v) is 11.8. The summed E-state index contributed by atoms with van der Waals surface area (Å²) in [5.74, 6) is -1.84. The first kappa shape index (κ1) is 13.9. The molecule has 1 aliphatic carbocycles. The van der Waals surface area contributed by atoms with E-state index in [0.29, 0.717) is 19.3 Å². The number of ether oxygens (including phenoxy) is 2. The van der Waals surface area contributed by atoms with Gasteiger partial charge in [-0.1, -0.05) is 13.3 Å². The molecule has 0 aromatic heterocycles. The SMILES string of the molecule is CC[C@H]1O[C@]23CCCC[C@@H]2C(C#N)(C#N)[C@@]1(C#N)C(=N)O3. The Morgan fingerprint density at radius 3 is 2.52 bits per heavy atom. The van der Waals surface area contributed by atoms with E-state index < -0.39 is 28.6 Å². The maximum absolute atomic E-state index is 9.80. The van der Waals surface area contributed by atoms with Crippen molar-refractivity contribution in [3.8, 4) is 18.2 Å². The van der Waals surface area contributed by atoms with Gasteiger partial charge < -0.3 is 9.47 Å². The summed E-state index contributed by atoms with van der Waals surface area (Å²) in [5, 5.41) is 37.6. The highest BCUT2D eigenvalue weighted by Crippen LogP contribution is 2.66. The van der Waals surface area contributed by atoms with Crippen molar-refractivity contribution in [3.05, 3.63) is 0 Å². The largest absolute Gasteiger partial charge is 0.447 e. The van der Waals surface area contributed by atoms with Crippen LogP contribution in [-0.2, 0) is 9.47 Å². The van der Waals surface area contributed by atoms with E-state index in [4.69, 9.17) is 14.9 Å². The van der Waals surface area contributed by atoms with Crippen LogP contribution in [0.5, 0.6) is 0 Å². The summed E-state index contributed by atoms with van der Waals surface area (Å²) in [6.07, 6.45) is 2.70. The van der Waals surface area contributed by atoms with Crippen LogP contribution in [-0.4, -0.2) is 17.8 Å². The molecule has 1 spiro atoms. The van der Waals surface area contributed by atoms with Crippen LogP contribution < -0.4 is 0 Å². The molecular formula is C15H16N4O2. The molecule has 3 heterocycles. The van der Waals surface area contributed by atoms with Crippen molar-refractivity contribution in [1.82, 2.24) is 0 Å². The summed E-state index contributed by atoms with van der Waals surface area (Å²) in [7, 11) is 0. The third-order valence-electron chi connectivity index (χ3n) is 5.30. The molecule has 1 saturated carbocycles. The Morgan fingerprint density at radius 1 is 1.24 bits per heavy atom. The Kier molecular flexibility index (Phi) is 2.77. The van der Waals surface area contributed by atoms with Crippen molar-refractivity contribution >= 4 is 5.90 Å². The quantitative estimate of drug-likeness (QED) is 0.793. The van der Waals surface area contributed by atoms with Crippen LogP contribution in [0.25, 0.3) is 0 Å². The van der Waals surface area contributed by atoms with Crippen molar-refractivity contribution in [2.24, 2.45) is 16.7 Å². The minimum Gasteiger partial charge on any atom is -0.447 e. The van der Waals surface area contributed by atoms with Gasteiger partial charge in [0.2, 0.25) is 11.7 Å². The molecule has 4 rings (SSSR count). The fourth-order valence-electron chi connectivity index (χ4n) is 4.34. The first-order chi connectivity index (χ1) is 10.1. The first-order valence-electron chi connectivity index (χ1n) is 7.26. The second-order valence-corrected chi connectivity index (χ2v) is 6.01. The number of hydrogen-bond acceptors (Lipinski definition) is 6. The highest BCUT2D eigenvalue weighted by Gasteiger charge is 2.79. The van der Waals surface area contributed by atoms with Crippen LogP contribution in [0.4, 0.5) is 0 Å². The van der Waals surface area contributed by atoms with E-state index in [2.05, 4.69) is 18.2 Å². The fraction of sp³-hybridized carbons (Fsp3) is 0.733. The topological polar surface area (TPSA) is 114 Å². The highest BCUT2D eigenvalue weighted by molar-refractivity contribution is 5.88. The summed E-state index contributed by atoms with van der Waals surface area (Å²) in [6.45, 7) is 1.84. The average molecular weight is 284 g/mol. The minimum atomic E-state index is -1.63.